The molecule has 4 atom stereocenters. The average molecular weight is 283 g/mol. The van der Waals surface area contributed by atoms with Crippen molar-refractivity contribution in [2.24, 2.45) is 23.7 Å². The van der Waals surface area contributed by atoms with E-state index in [-0.39, 0.29) is 11.9 Å². The summed E-state index contributed by atoms with van der Waals surface area (Å²) in [4.78, 5) is 14.7. The highest BCUT2D eigenvalue weighted by atomic mass is 19.1. The minimum atomic E-state index is -0.620. The van der Waals surface area contributed by atoms with Gasteiger partial charge in [-0.3, -0.25) is 4.79 Å². The standard InChI is InChI=1S/C16H26FNO2/c1-18-9-11-7-13(18)8-14(15(11)16(19)20-2)10-3-5-12(17)6-4-10/h10-15H,3-9H2,1-2H3/t10?,11?,12?,13-,14?,15?/m1/s1. The second kappa shape index (κ2) is 5.63. The van der Waals surface area contributed by atoms with Gasteiger partial charge in [0.25, 0.3) is 0 Å². The van der Waals surface area contributed by atoms with Crippen LogP contribution in [-0.2, 0) is 9.53 Å². The fraction of sp³-hybridized carbons (Fsp3) is 0.938. The lowest BCUT2D eigenvalue weighted by molar-refractivity contribution is -0.152. The first kappa shape index (κ1) is 14.3. The van der Waals surface area contributed by atoms with Crippen molar-refractivity contribution in [3.05, 3.63) is 0 Å². The van der Waals surface area contributed by atoms with Gasteiger partial charge in [-0.1, -0.05) is 0 Å². The van der Waals surface area contributed by atoms with Crippen LogP contribution in [0.15, 0.2) is 0 Å². The Balaban J connectivity index is 1.78. The number of methoxy groups -OCH3 is 1. The first-order valence-electron chi connectivity index (χ1n) is 8.02. The van der Waals surface area contributed by atoms with E-state index in [0.29, 0.717) is 36.6 Å². The molecule has 114 valence electrons. The van der Waals surface area contributed by atoms with Crippen LogP contribution in [0.5, 0.6) is 0 Å². The molecular formula is C16H26FNO2. The third-order valence-electron chi connectivity index (χ3n) is 6.01. The number of hydrogen-bond donors (Lipinski definition) is 0. The minimum absolute atomic E-state index is 0.0314. The quantitative estimate of drug-likeness (QED) is 0.730. The molecule has 0 spiro atoms. The van der Waals surface area contributed by atoms with Gasteiger partial charge >= 0.3 is 5.97 Å². The van der Waals surface area contributed by atoms with Crippen LogP contribution in [0.2, 0.25) is 0 Å². The maximum absolute atomic E-state index is 13.4. The van der Waals surface area contributed by atoms with Crippen molar-refractivity contribution in [3.63, 3.8) is 0 Å². The molecule has 4 heteroatoms. The van der Waals surface area contributed by atoms with E-state index in [1.807, 2.05) is 0 Å². The average Bonchev–Trinajstić information content (AvgIpc) is 2.74. The third-order valence-corrected chi connectivity index (χ3v) is 6.01. The van der Waals surface area contributed by atoms with Crippen LogP contribution in [0.3, 0.4) is 0 Å². The Kier molecular flexibility index (Phi) is 4.02. The lowest BCUT2D eigenvalue weighted by atomic mass is 9.64. The van der Waals surface area contributed by atoms with E-state index >= 15 is 0 Å². The van der Waals surface area contributed by atoms with Crippen LogP contribution >= 0.6 is 0 Å². The van der Waals surface area contributed by atoms with Gasteiger partial charge < -0.3 is 9.64 Å². The molecule has 3 fully saturated rings. The molecule has 3 unspecified atom stereocenters. The van der Waals surface area contributed by atoms with Gasteiger partial charge in [0.2, 0.25) is 0 Å². The molecule has 2 bridgehead atoms. The molecule has 3 aliphatic rings. The summed E-state index contributed by atoms with van der Waals surface area (Å²) in [5.74, 6) is 1.38. The zero-order valence-corrected chi connectivity index (χ0v) is 12.6. The molecule has 3 rings (SSSR count). The van der Waals surface area contributed by atoms with Gasteiger partial charge in [0.1, 0.15) is 6.17 Å². The van der Waals surface area contributed by atoms with Crippen molar-refractivity contribution in [1.29, 1.82) is 0 Å². The van der Waals surface area contributed by atoms with Crippen LogP contribution in [0.4, 0.5) is 4.39 Å². The predicted octanol–water partition coefficient (Wildman–Crippen LogP) is 2.64. The van der Waals surface area contributed by atoms with E-state index in [0.717, 1.165) is 32.2 Å². The molecule has 0 amide bonds. The van der Waals surface area contributed by atoms with Crippen LogP contribution < -0.4 is 0 Å². The summed E-state index contributed by atoms with van der Waals surface area (Å²) in [6, 6.07) is 0.619. The van der Waals surface area contributed by atoms with Gasteiger partial charge in [-0.15, -0.1) is 0 Å². The Morgan fingerprint density at radius 3 is 2.50 bits per heavy atom. The number of alkyl halides is 1. The Morgan fingerprint density at radius 2 is 1.85 bits per heavy atom. The fourth-order valence-electron chi connectivity index (χ4n) is 4.97. The highest BCUT2D eigenvalue weighted by molar-refractivity contribution is 5.73. The molecule has 0 radical (unpaired) electrons. The summed E-state index contributed by atoms with van der Waals surface area (Å²) in [6.07, 6.45) is 4.86. The van der Waals surface area contributed by atoms with Crippen LogP contribution in [0.25, 0.3) is 0 Å². The van der Waals surface area contributed by atoms with E-state index in [1.165, 1.54) is 7.11 Å². The molecule has 0 N–H and O–H groups in total. The van der Waals surface area contributed by atoms with Gasteiger partial charge in [-0.2, -0.15) is 0 Å². The zero-order valence-electron chi connectivity index (χ0n) is 12.6. The Morgan fingerprint density at radius 1 is 1.15 bits per heavy atom. The van der Waals surface area contributed by atoms with E-state index in [2.05, 4.69) is 11.9 Å². The minimum Gasteiger partial charge on any atom is -0.469 e. The van der Waals surface area contributed by atoms with Crippen molar-refractivity contribution in [1.82, 2.24) is 4.90 Å². The predicted molar refractivity (Wildman–Crippen MR) is 75.0 cm³/mol. The molecule has 1 saturated heterocycles. The molecule has 2 aliphatic carbocycles. The smallest absolute Gasteiger partial charge is 0.309 e. The molecule has 0 aromatic carbocycles. The molecule has 1 heterocycles. The normalized spacial score (nSPS) is 45.4. The number of nitrogens with zero attached hydrogens (tertiary/aromatic N) is 1. The van der Waals surface area contributed by atoms with Gasteiger partial charge in [0.15, 0.2) is 0 Å². The lowest BCUT2D eigenvalue weighted by Crippen LogP contribution is -2.41. The number of rotatable bonds is 2. The number of halogens is 1. The topological polar surface area (TPSA) is 29.5 Å². The van der Waals surface area contributed by atoms with Gasteiger partial charge in [0, 0.05) is 12.6 Å². The molecule has 0 aromatic rings. The maximum Gasteiger partial charge on any atom is 0.309 e. The number of likely N-dealkylation sites (tertiary alicyclic amines) is 1. The van der Waals surface area contributed by atoms with E-state index in [1.54, 1.807) is 0 Å². The van der Waals surface area contributed by atoms with E-state index < -0.39 is 6.17 Å². The Hall–Kier alpha value is -0.640. The number of hydrogen-bond acceptors (Lipinski definition) is 3. The number of fused-ring (bicyclic) bond motifs is 2. The summed E-state index contributed by atoms with van der Waals surface area (Å²) < 4.78 is 18.5. The molecule has 2 saturated carbocycles. The first-order valence-corrected chi connectivity index (χ1v) is 8.02. The third kappa shape index (κ3) is 2.47. The largest absolute Gasteiger partial charge is 0.469 e. The van der Waals surface area contributed by atoms with Crippen LogP contribution in [0, 0.1) is 23.7 Å². The van der Waals surface area contributed by atoms with Crippen LogP contribution in [-0.4, -0.2) is 43.8 Å². The monoisotopic (exact) mass is 283 g/mol. The SMILES string of the molecule is COC(=O)C1C2C[C@H](CC1C1CCC(F)CC1)N(C)C2. The second-order valence-corrected chi connectivity index (χ2v) is 7.05. The lowest BCUT2D eigenvalue weighted by Gasteiger charge is -2.41. The summed E-state index contributed by atoms with van der Waals surface area (Å²) in [5, 5.41) is 0. The van der Waals surface area contributed by atoms with Crippen molar-refractivity contribution < 1.29 is 13.9 Å². The van der Waals surface area contributed by atoms with Crippen molar-refractivity contribution in [2.45, 2.75) is 50.7 Å². The molecule has 3 nitrogen and oxygen atoms in total. The van der Waals surface area contributed by atoms with Crippen molar-refractivity contribution in [3.8, 4) is 0 Å². The van der Waals surface area contributed by atoms with E-state index in [4.69, 9.17) is 4.74 Å². The molecule has 1 aliphatic heterocycles. The van der Waals surface area contributed by atoms with E-state index in [9.17, 15) is 9.18 Å². The second-order valence-electron chi connectivity index (χ2n) is 7.05. The molecular weight excluding hydrogens is 257 g/mol. The summed E-state index contributed by atoms with van der Waals surface area (Å²) in [5.41, 5.74) is 0. The number of ether oxygens (including phenoxy) is 1. The Bertz CT molecular complexity index is 365. The highest BCUT2D eigenvalue weighted by Crippen LogP contribution is 2.48. The maximum atomic E-state index is 13.4. The number of carbonyl (C=O) groups excluding carboxylic acids is 1. The van der Waals surface area contributed by atoms with Gasteiger partial charge in [0.05, 0.1) is 13.0 Å². The van der Waals surface area contributed by atoms with Crippen molar-refractivity contribution in [2.75, 3.05) is 20.7 Å². The highest BCUT2D eigenvalue weighted by Gasteiger charge is 2.50. The molecule has 0 aromatic heterocycles. The summed E-state index contributed by atoms with van der Waals surface area (Å²) in [6.45, 7) is 1.01. The first-order chi connectivity index (χ1) is 9.60. The summed E-state index contributed by atoms with van der Waals surface area (Å²) >= 11 is 0. The molecule has 20 heavy (non-hydrogen) atoms. The Labute approximate surface area is 120 Å². The van der Waals surface area contributed by atoms with Gasteiger partial charge in [-0.05, 0) is 63.3 Å². The number of esters is 1. The number of carbonyl (C=O) groups is 1. The summed E-state index contributed by atoms with van der Waals surface area (Å²) in [7, 11) is 3.67. The van der Waals surface area contributed by atoms with Crippen LogP contribution in [0.1, 0.15) is 38.5 Å². The van der Waals surface area contributed by atoms with Crippen molar-refractivity contribution >= 4 is 5.97 Å². The fourth-order valence-corrected chi connectivity index (χ4v) is 4.97. The zero-order chi connectivity index (χ0) is 14.3. The van der Waals surface area contributed by atoms with Gasteiger partial charge in [-0.25, -0.2) is 4.39 Å².